The summed E-state index contributed by atoms with van der Waals surface area (Å²) in [6, 6.07) is 2.98. The predicted molar refractivity (Wildman–Crippen MR) is 90.9 cm³/mol. The second kappa shape index (κ2) is 7.79. The van der Waals surface area contributed by atoms with E-state index in [1.165, 1.54) is 24.1 Å². The van der Waals surface area contributed by atoms with Crippen LogP contribution in [0.1, 0.15) is 31.1 Å². The number of ether oxygens (including phenoxy) is 1. The summed E-state index contributed by atoms with van der Waals surface area (Å²) in [7, 11) is 1.51. The molecular formula is C17H23FN4O3. The van der Waals surface area contributed by atoms with Crippen LogP contribution in [0, 0.1) is 5.82 Å². The Hall–Kier alpha value is -2.19. The summed E-state index contributed by atoms with van der Waals surface area (Å²) in [4.78, 5) is 12.0. The van der Waals surface area contributed by atoms with Crippen LogP contribution in [0.4, 0.5) is 9.18 Å². The maximum Gasteiger partial charge on any atom is 0.407 e. The van der Waals surface area contributed by atoms with Crippen LogP contribution in [0.5, 0.6) is 0 Å². The molecule has 8 heteroatoms. The monoisotopic (exact) mass is 350 g/mol. The number of nitrogens with one attached hydrogen (secondary N) is 1. The van der Waals surface area contributed by atoms with Gasteiger partial charge >= 0.3 is 6.09 Å². The molecule has 0 aliphatic carbocycles. The summed E-state index contributed by atoms with van der Waals surface area (Å²) in [6.45, 7) is 2.00. The molecule has 1 amide bonds. The van der Waals surface area contributed by atoms with Crippen molar-refractivity contribution in [3.8, 4) is 0 Å². The summed E-state index contributed by atoms with van der Waals surface area (Å²) >= 11 is 0. The van der Waals surface area contributed by atoms with Crippen LogP contribution in [0.15, 0.2) is 18.3 Å². The third-order valence-corrected chi connectivity index (χ3v) is 4.46. The molecule has 0 bridgehead atoms. The molecule has 1 aromatic carbocycles. The van der Waals surface area contributed by atoms with Crippen molar-refractivity contribution in [1.29, 1.82) is 0 Å². The first kappa shape index (κ1) is 17.6. The molecule has 3 rings (SSSR count). The molecule has 25 heavy (non-hydrogen) atoms. The van der Waals surface area contributed by atoms with Gasteiger partial charge in [-0.2, -0.15) is 5.10 Å². The zero-order valence-corrected chi connectivity index (χ0v) is 14.2. The Morgan fingerprint density at radius 3 is 3.08 bits per heavy atom. The first-order chi connectivity index (χ1) is 12.1. The van der Waals surface area contributed by atoms with Gasteiger partial charge in [-0.1, -0.05) is 0 Å². The zero-order valence-electron chi connectivity index (χ0n) is 14.2. The molecule has 0 radical (unpaired) electrons. The van der Waals surface area contributed by atoms with Gasteiger partial charge in [-0.3, -0.25) is 0 Å². The highest BCUT2D eigenvalue weighted by Gasteiger charge is 2.20. The highest BCUT2D eigenvalue weighted by molar-refractivity contribution is 5.82. The number of hydrogen-bond donors (Lipinski definition) is 2. The Morgan fingerprint density at radius 1 is 1.52 bits per heavy atom. The quantitative estimate of drug-likeness (QED) is 0.783. The van der Waals surface area contributed by atoms with Gasteiger partial charge in [-0.15, -0.1) is 0 Å². The second-order valence-corrected chi connectivity index (χ2v) is 6.29. The minimum absolute atomic E-state index is 0.141. The number of benzene rings is 1. The summed E-state index contributed by atoms with van der Waals surface area (Å²) in [5.74, 6) is -0.315. The van der Waals surface area contributed by atoms with Crippen LogP contribution in [-0.2, 0) is 11.3 Å². The van der Waals surface area contributed by atoms with Crippen LogP contribution in [0.2, 0.25) is 0 Å². The van der Waals surface area contributed by atoms with Gasteiger partial charge in [0, 0.05) is 38.7 Å². The lowest BCUT2D eigenvalue weighted by molar-refractivity contribution is -0.0366. The Balaban J connectivity index is 1.72. The molecule has 2 aromatic rings. The smallest absolute Gasteiger partial charge is 0.407 e. The van der Waals surface area contributed by atoms with Gasteiger partial charge in [0.15, 0.2) is 6.23 Å². The number of amides is 1. The van der Waals surface area contributed by atoms with Gasteiger partial charge in [0.25, 0.3) is 0 Å². The van der Waals surface area contributed by atoms with E-state index in [1.807, 2.05) is 0 Å². The molecule has 1 aromatic heterocycles. The largest absolute Gasteiger partial charge is 0.465 e. The van der Waals surface area contributed by atoms with Gasteiger partial charge in [0.05, 0.1) is 11.7 Å². The van der Waals surface area contributed by atoms with E-state index in [4.69, 9.17) is 9.84 Å². The number of rotatable bonds is 6. The molecule has 0 saturated carbocycles. The van der Waals surface area contributed by atoms with E-state index >= 15 is 0 Å². The van der Waals surface area contributed by atoms with E-state index in [0.29, 0.717) is 26.2 Å². The fraction of sp³-hybridized carbons (Fsp3) is 0.529. The predicted octanol–water partition coefficient (Wildman–Crippen LogP) is 2.57. The molecule has 1 aliphatic rings. The average molecular weight is 350 g/mol. The van der Waals surface area contributed by atoms with Crippen LogP contribution in [0.3, 0.4) is 0 Å². The average Bonchev–Trinajstić information content (AvgIpc) is 3.02. The van der Waals surface area contributed by atoms with Crippen LogP contribution in [-0.4, -0.2) is 52.6 Å². The minimum Gasteiger partial charge on any atom is -0.465 e. The van der Waals surface area contributed by atoms with Gasteiger partial charge in [0.1, 0.15) is 5.82 Å². The van der Waals surface area contributed by atoms with E-state index in [-0.39, 0.29) is 12.0 Å². The van der Waals surface area contributed by atoms with Crippen molar-refractivity contribution in [2.45, 2.75) is 32.0 Å². The van der Waals surface area contributed by atoms with E-state index in [2.05, 4.69) is 10.4 Å². The van der Waals surface area contributed by atoms with E-state index in [9.17, 15) is 9.18 Å². The fourth-order valence-electron chi connectivity index (χ4n) is 3.04. The normalized spacial score (nSPS) is 17.8. The Morgan fingerprint density at radius 2 is 2.36 bits per heavy atom. The molecule has 1 atom stereocenters. The van der Waals surface area contributed by atoms with Crippen molar-refractivity contribution in [2.75, 3.05) is 26.7 Å². The Labute approximate surface area is 145 Å². The number of carboxylic acid groups (broad SMARTS) is 1. The first-order valence-electron chi connectivity index (χ1n) is 8.48. The van der Waals surface area contributed by atoms with Crippen LogP contribution < -0.4 is 5.32 Å². The highest BCUT2D eigenvalue weighted by atomic mass is 19.1. The summed E-state index contributed by atoms with van der Waals surface area (Å²) < 4.78 is 21.6. The lowest BCUT2D eigenvalue weighted by atomic mass is 10.1. The minimum atomic E-state index is -0.969. The number of likely N-dealkylation sites (N-methyl/N-ethyl adjacent to an activating group) is 1. The van der Waals surface area contributed by atoms with Crippen molar-refractivity contribution in [1.82, 2.24) is 20.0 Å². The highest BCUT2D eigenvalue weighted by Crippen LogP contribution is 2.28. The van der Waals surface area contributed by atoms with Gasteiger partial charge in [-0.05, 0) is 37.0 Å². The molecule has 1 unspecified atom stereocenters. The number of aromatic nitrogens is 2. The first-order valence-corrected chi connectivity index (χ1v) is 8.48. The van der Waals surface area contributed by atoms with E-state index in [0.717, 1.165) is 35.7 Å². The number of carbonyl (C=O) groups is 1. The molecule has 1 fully saturated rings. The topological polar surface area (TPSA) is 79.6 Å². The van der Waals surface area contributed by atoms with Gasteiger partial charge in [0.2, 0.25) is 0 Å². The molecule has 0 spiro atoms. The standard InChI is InChI=1S/C17H23FN4O3/c1-21(17(23)24)6-5-19-10-12-8-13(18)9-15-14(12)11-20-22(15)16-4-2-3-7-25-16/h8-9,11,16,19H,2-7,10H2,1H3,(H,23,24). The molecular weight excluding hydrogens is 327 g/mol. The summed E-state index contributed by atoms with van der Waals surface area (Å²) in [6.07, 6.45) is 3.63. The number of halogens is 1. The molecule has 7 nitrogen and oxygen atoms in total. The summed E-state index contributed by atoms with van der Waals surface area (Å²) in [5, 5.41) is 17.3. The van der Waals surface area contributed by atoms with E-state index in [1.54, 1.807) is 10.9 Å². The Bertz CT molecular complexity index is 743. The maximum atomic E-state index is 14.1. The third kappa shape index (κ3) is 4.08. The van der Waals surface area contributed by atoms with Crippen molar-refractivity contribution < 1.29 is 19.0 Å². The lowest BCUT2D eigenvalue weighted by Gasteiger charge is -2.23. The molecule has 1 aliphatic heterocycles. The Kier molecular flexibility index (Phi) is 5.50. The van der Waals surface area contributed by atoms with Gasteiger partial charge < -0.3 is 20.1 Å². The molecule has 136 valence electrons. The SMILES string of the molecule is CN(CCNCc1cc(F)cc2c1cnn2C1CCCCO1)C(=O)O. The third-order valence-electron chi connectivity index (χ3n) is 4.46. The lowest BCUT2D eigenvalue weighted by Crippen LogP contribution is -2.32. The van der Waals surface area contributed by atoms with Crippen molar-refractivity contribution >= 4 is 17.0 Å². The number of fused-ring (bicyclic) bond motifs is 1. The number of nitrogens with zero attached hydrogens (tertiary/aromatic N) is 3. The van der Waals surface area contributed by atoms with E-state index < -0.39 is 6.09 Å². The van der Waals surface area contributed by atoms with Crippen molar-refractivity contribution in [2.24, 2.45) is 0 Å². The zero-order chi connectivity index (χ0) is 17.8. The van der Waals surface area contributed by atoms with Crippen LogP contribution in [0.25, 0.3) is 10.9 Å². The van der Waals surface area contributed by atoms with Gasteiger partial charge in [-0.25, -0.2) is 13.9 Å². The molecule has 1 saturated heterocycles. The van der Waals surface area contributed by atoms with Crippen molar-refractivity contribution in [3.63, 3.8) is 0 Å². The maximum absolute atomic E-state index is 14.1. The molecule has 2 N–H and O–H groups in total. The second-order valence-electron chi connectivity index (χ2n) is 6.29. The number of hydrogen-bond acceptors (Lipinski definition) is 4. The summed E-state index contributed by atoms with van der Waals surface area (Å²) in [5.41, 5.74) is 1.53. The fourth-order valence-corrected chi connectivity index (χ4v) is 3.04. The van der Waals surface area contributed by atoms with Crippen LogP contribution >= 0.6 is 0 Å². The molecule has 2 heterocycles. The van der Waals surface area contributed by atoms with Crippen molar-refractivity contribution in [3.05, 3.63) is 29.7 Å².